The van der Waals surface area contributed by atoms with Crippen molar-refractivity contribution < 1.29 is 9.21 Å². The Kier molecular flexibility index (Phi) is 6.31. The Morgan fingerprint density at radius 2 is 1.34 bits per heavy atom. The van der Waals surface area contributed by atoms with Gasteiger partial charge in [0.05, 0.1) is 0 Å². The number of nitrogens with zero attached hydrogens (tertiary/aromatic N) is 2. The minimum absolute atomic E-state index is 0.320. The number of carbonyl (C=O) groups excluding carboxylic acids is 1. The van der Waals surface area contributed by atoms with Gasteiger partial charge in [0.1, 0.15) is 0 Å². The van der Waals surface area contributed by atoms with Crippen LogP contribution < -0.4 is 20.8 Å². The summed E-state index contributed by atoms with van der Waals surface area (Å²) in [6.45, 7) is 2.39. The van der Waals surface area contributed by atoms with Gasteiger partial charge in [-0.05, 0) is 0 Å². The van der Waals surface area contributed by atoms with Gasteiger partial charge in [0, 0.05) is 0 Å². The molecule has 1 heterocycles. The zero-order valence-corrected chi connectivity index (χ0v) is 21.9. The van der Waals surface area contributed by atoms with E-state index in [1.807, 2.05) is 13.0 Å². The van der Waals surface area contributed by atoms with Crippen LogP contribution in [-0.2, 0) is 11.0 Å². The molecule has 1 amide bonds. The number of carbonyl (C=O) groups is 1. The van der Waals surface area contributed by atoms with E-state index in [1.54, 1.807) is 0 Å². The van der Waals surface area contributed by atoms with Crippen molar-refractivity contribution >= 4 is 60.2 Å². The maximum atomic E-state index is 11.4. The van der Waals surface area contributed by atoms with Gasteiger partial charge in [0.15, 0.2) is 0 Å². The summed E-state index contributed by atoms with van der Waals surface area (Å²) < 4.78 is 6.00. The van der Waals surface area contributed by atoms with E-state index in [0.29, 0.717) is 18.1 Å². The first-order chi connectivity index (χ1) is 17.1. The quantitative estimate of drug-likeness (QED) is 0.174. The number of rotatable bonds is 8. The molecule has 4 aromatic carbocycles. The van der Waals surface area contributed by atoms with Gasteiger partial charge in [0.25, 0.3) is 0 Å². The predicted octanol–water partition coefficient (Wildman–Crippen LogP) is 6.15. The molecule has 4 nitrogen and oxygen atoms in total. The fourth-order valence-electron chi connectivity index (χ4n) is 4.71. The summed E-state index contributed by atoms with van der Waals surface area (Å²) in [6, 6.07) is 38.6. The van der Waals surface area contributed by atoms with Gasteiger partial charge >= 0.3 is 214 Å². The molecular weight excluding hydrogens is 519 g/mol. The van der Waals surface area contributed by atoms with Gasteiger partial charge in [-0.2, -0.15) is 0 Å². The van der Waals surface area contributed by atoms with Crippen LogP contribution in [-0.4, -0.2) is 17.9 Å². The van der Waals surface area contributed by atoms with E-state index in [0.717, 1.165) is 23.7 Å². The second-order valence-corrected chi connectivity index (χ2v) is 17.5. The van der Waals surface area contributed by atoms with Crippen LogP contribution in [0.4, 0.5) is 6.01 Å². The minimum atomic E-state index is -3.12. The molecule has 0 bridgehead atoms. The Balaban J connectivity index is 1.74. The van der Waals surface area contributed by atoms with E-state index >= 15 is 0 Å². The van der Waals surface area contributed by atoms with Gasteiger partial charge in [-0.1, -0.05) is 0 Å². The van der Waals surface area contributed by atoms with Crippen molar-refractivity contribution in [2.75, 3.05) is 11.4 Å². The molecule has 0 aliphatic carbocycles. The summed E-state index contributed by atoms with van der Waals surface area (Å²) >= 11 is 4.50. The van der Waals surface area contributed by atoms with E-state index in [4.69, 9.17) is 4.42 Å². The van der Waals surface area contributed by atoms with Crippen molar-refractivity contribution in [1.82, 2.24) is 4.98 Å². The van der Waals surface area contributed by atoms with E-state index in [1.165, 1.54) is 20.8 Å². The van der Waals surface area contributed by atoms with Crippen molar-refractivity contribution in [3.05, 3.63) is 115 Å². The normalized spacial score (nSPS) is 12.7. The first-order valence-electron chi connectivity index (χ1n) is 11.6. The molecule has 0 saturated carbocycles. The van der Waals surface area contributed by atoms with Gasteiger partial charge < -0.3 is 0 Å². The zero-order chi connectivity index (χ0) is 24.3. The molecule has 0 atom stereocenters. The molecule has 0 unspecified atom stereocenters. The summed E-state index contributed by atoms with van der Waals surface area (Å²) in [7, 11) is 0. The monoisotopic (exact) mass is 544 g/mol. The second-order valence-electron chi connectivity index (χ2n) is 8.54. The number of halogens is 1. The molecule has 5 rings (SSSR count). The van der Waals surface area contributed by atoms with Crippen LogP contribution in [0.5, 0.6) is 0 Å². The van der Waals surface area contributed by atoms with Crippen LogP contribution >= 0.6 is 20.8 Å². The van der Waals surface area contributed by atoms with Crippen LogP contribution in [0, 0.1) is 0 Å². The summed E-state index contributed by atoms with van der Waals surface area (Å²) in [4.78, 5) is 17.4. The molecule has 5 aromatic rings. The third kappa shape index (κ3) is 3.99. The number of hydrogen-bond donors (Lipinski definition) is 0. The van der Waals surface area contributed by atoms with Crippen LogP contribution in [0.25, 0.3) is 11.1 Å². The molecule has 0 saturated heterocycles. The van der Waals surface area contributed by atoms with Crippen LogP contribution in [0.3, 0.4) is 0 Å². The van der Waals surface area contributed by atoms with Crippen LogP contribution in [0.2, 0.25) is 0 Å². The first-order valence-corrected chi connectivity index (χ1v) is 16.0. The van der Waals surface area contributed by atoms with Crippen molar-refractivity contribution in [3.8, 4) is 0 Å². The molecule has 6 heteroatoms. The Morgan fingerprint density at radius 1 is 0.829 bits per heavy atom. The molecule has 0 radical (unpaired) electrons. The number of amides is 1. The molecule has 0 N–H and O–H groups in total. The number of anilines is 1. The third-order valence-corrected chi connectivity index (χ3v) is 16.0. The van der Waals surface area contributed by atoms with E-state index in [2.05, 4.69) is 124 Å². The number of hydrogen-bond acceptors (Lipinski definition) is 3. The van der Waals surface area contributed by atoms with Gasteiger partial charge in [-0.15, -0.1) is 0 Å². The Morgan fingerprint density at radius 3 is 1.80 bits per heavy atom. The Hall–Kier alpha value is -3.27. The van der Waals surface area contributed by atoms with Gasteiger partial charge in [0.2, 0.25) is 0 Å². The van der Waals surface area contributed by atoms with Crippen molar-refractivity contribution in [1.29, 1.82) is 0 Å². The van der Waals surface area contributed by atoms with Gasteiger partial charge in [-0.25, -0.2) is 0 Å². The molecule has 1 aromatic heterocycles. The molecule has 0 spiro atoms. The summed E-state index contributed by atoms with van der Waals surface area (Å²) in [5.41, 5.74) is 2.53. The van der Waals surface area contributed by atoms with Crippen LogP contribution in [0.1, 0.15) is 12.5 Å². The summed E-state index contributed by atoms with van der Waals surface area (Å²) in [5.74, 6) is 0. The van der Waals surface area contributed by atoms with Crippen molar-refractivity contribution in [2.45, 2.75) is 13.1 Å². The summed E-state index contributed by atoms with van der Waals surface area (Å²) in [5, 5.41) is 0.653. The molecule has 0 aliphatic rings. The van der Waals surface area contributed by atoms with E-state index < -0.39 is 5.31 Å². The van der Waals surface area contributed by atoms with E-state index in [9.17, 15) is 4.79 Å². The fraction of sp³-hybridized carbons (Fsp3) is 0.103. The van der Waals surface area contributed by atoms with Crippen molar-refractivity contribution in [3.63, 3.8) is 0 Å². The number of oxazole rings is 1. The topological polar surface area (TPSA) is 46.3 Å². The number of aromatic nitrogens is 1. The number of fused-ring (bicyclic) bond motifs is 1. The van der Waals surface area contributed by atoms with E-state index in [-0.39, 0.29) is 0 Å². The Bertz CT molecular complexity index is 1360. The standard InChI is InChI=1S/C29H26BrN2O2P/c1-2-32(22-33)29-31-27-19-18-23(20-28(27)34-29)21-35(30,24-12-6-3-7-13-24,25-14-8-4-9-15-25)26-16-10-5-11-17-26/h3-20,22H,2,21H2,1H3. The molecule has 176 valence electrons. The Labute approximate surface area is 213 Å². The maximum absolute atomic E-state index is 11.4. The first kappa shape index (κ1) is 23.5. The second kappa shape index (κ2) is 9.41. The average Bonchev–Trinajstić information content (AvgIpc) is 3.34. The third-order valence-electron chi connectivity index (χ3n) is 6.52. The average molecular weight is 545 g/mol. The SMILES string of the molecule is CCN(C=O)c1nc2ccc(CP(Br)(c3ccccc3)(c3ccccc3)c3ccccc3)cc2o1. The van der Waals surface area contributed by atoms with Crippen molar-refractivity contribution in [2.24, 2.45) is 0 Å². The summed E-state index contributed by atoms with van der Waals surface area (Å²) in [6.07, 6.45) is 1.50. The molecule has 35 heavy (non-hydrogen) atoms. The molecule has 0 fully saturated rings. The molecule has 0 aliphatic heterocycles. The zero-order valence-electron chi connectivity index (χ0n) is 19.4. The fourth-order valence-corrected chi connectivity index (χ4v) is 12.4. The predicted molar refractivity (Wildman–Crippen MR) is 151 cm³/mol. The number of benzene rings is 4. The van der Waals surface area contributed by atoms with Gasteiger partial charge in [-0.3, -0.25) is 0 Å². The molecular formula is C29H26BrN2O2P. The van der Waals surface area contributed by atoms with Crippen LogP contribution in [0.15, 0.2) is 114 Å².